The van der Waals surface area contributed by atoms with Gasteiger partial charge in [-0.15, -0.1) is 5.10 Å². The van der Waals surface area contributed by atoms with Gasteiger partial charge in [-0.3, -0.25) is 0 Å². The van der Waals surface area contributed by atoms with E-state index in [1.54, 1.807) is 19.1 Å². The lowest BCUT2D eigenvalue weighted by Gasteiger charge is -2.02. The summed E-state index contributed by atoms with van der Waals surface area (Å²) in [6.07, 6.45) is 0. The first-order valence-corrected chi connectivity index (χ1v) is 5.66. The summed E-state index contributed by atoms with van der Waals surface area (Å²) in [4.78, 5) is 0. The highest BCUT2D eigenvalue weighted by molar-refractivity contribution is 9.10. The average molecular weight is 301 g/mol. The Labute approximate surface area is 105 Å². The van der Waals surface area contributed by atoms with Crippen LogP contribution in [0.2, 0.25) is 0 Å². The molecule has 1 heterocycles. The zero-order valence-corrected chi connectivity index (χ0v) is 10.5. The highest BCUT2D eigenvalue weighted by Crippen LogP contribution is 2.22. The van der Waals surface area contributed by atoms with Crippen LogP contribution in [0.1, 0.15) is 18.9 Å². The lowest BCUT2D eigenvalue weighted by molar-refractivity contribution is 0.475. The van der Waals surface area contributed by atoms with Crippen LogP contribution in [0.3, 0.4) is 0 Å². The molecule has 0 aliphatic rings. The first-order chi connectivity index (χ1) is 8.06. The van der Waals surface area contributed by atoms with Gasteiger partial charge in [0.1, 0.15) is 5.82 Å². The van der Waals surface area contributed by atoms with Crippen LogP contribution in [-0.2, 0) is 0 Å². The molecule has 7 heteroatoms. The maximum atomic E-state index is 13.2. The summed E-state index contributed by atoms with van der Waals surface area (Å²) >= 11 is 3.07. The molecule has 0 bridgehead atoms. The van der Waals surface area contributed by atoms with E-state index in [4.69, 9.17) is 10.2 Å². The predicted molar refractivity (Wildman–Crippen MR) is 64.3 cm³/mol. The molecule has 1 unspecified atom stereocenters. The summed E-state index contributed by atoms with van der Waals surface area (Å²) in [5.41, 5.74) is 6.09. The SMILES string of the molecule is CC(N)c1nnc(Nc2ccc(Br)c(F)c2)o1. The predicted octanol–water partition coefficient (Wildman–Crippen LogP) is 2.73. The van der Waals surface area contributed by atoms with Gasteiger partial charge in [-0.1, -0.05) is 5.10 Å². The number of rotatable bonds is 3. The second-order valence-corrected chi connectivity index (χ2v) is 4.34. The number of hydrogen-bond acceptors (Lipinski definition) is 5. The van der Waals surface area contributed by atoms with Crippen LogP contribution >= 0.6 is 15.9 Å². The molecule has 2 rings (SSSR count). The fraction of sp³-hybridized carbons (Fsp3) is 0.200. The summed E-state index contributed by atoms with van der Waals surface area (Å²) in [6, 6.07) is 4.43. The van der Waals surface area contributed by atoms with Crippen molar-refractivity contribution in [3.63, 3.8) is 0 Å². The number of benzene rings is 1. The van der Waals surface area contributed by atoms with Gasteiger partial charge in [-0.2, -0.15) is 0 Å². The van der Waals surface area contributed by atoms with Crippen molar-refractivity contribution in [2.24, 2.45) is 5.73 Å². The van der Waals surface area contributed by atoms with Gasteiger partial charge < -0.3 is 15.5 Å². The van der Waals surface area contributed by atoms with E-state index in [0.717, 1.165) is 0 Å². The Bertz CT molecular complexity index is 529. The second kappa shape index (κ2) is 4.80. The lowest BCUT2D eigenvalue weighted by atomic mass is 10.3. The molecule has 0 radical (unpaired) electrons. The smallest absolute Gasteiger partial charge is 0.320 e. The number of aromatic nitrogens is 2. The number of nitrogens with one attached hydrogen (secondary N) is 1. The van der Waals surface area contributed by atoms with Crippen LogP contribution in [0.15, 0.2) is 27.1 Å². The van der Waals surface area contributed by atoms with Crippen LogP contribution in [0.4, 0.5) is 16.1 Å². The molecular weight excluding hydrogens is 291 g/mol. The van der Waals surface area contributed by atoms with E-state index in [1.165, 1.54) is 6.07 Å². The highest BCUT2D eigenvalue weighted by atomic mass is 79.9. The highest BCUT2D eigenvalue weighted by Gasteiger charge is 2.10. The summed E-state index contributed by atoms with van der Waals surface area (Å²) in [5.74, 6) is -0.0491. The van der Waals surface area contributed by atoms with Gasteiger partial charge in [-0.25, -0.2) is 4.39 Å². The Morgan fingerprint density at radius 1 is 1.47 bits per heavy atom. The van der Waals surface area contributed by atoms with Gasteiger partial charge >= 0.3 is 6.01 Å². The molecule has 0 saturated heterocycles. The zero-order valence-electron chi connectivity index (χ0n) is 8.95. The second-order valence-electron chi connectivity index (χ2n) is 3.49. The Morgan fingerprint density at radius 3 is 2.82 bits per heavy atom. The van der Waals surface area contributed by atoms with Crippen molar-refractivity contribution in [3.8, 4) is 0 Å². The molecule has 5 nitrogen and oxygen atoms in total. The third-order valence-electron chi connectivity index (χ3n) is 2.00. The number of nitrogens with two attached hydrogens (primary N) is 1. The molecule has 0 aliphatic heterocycles. The minimum absolute atomic E-state index is 0.180. The normalized spacial score (nSPS) is 12.5. The molecule has 0 saturated carbocycles. The standard InChI is InChI=1S/C10H10BrFN4O/c1-5(13)9-15-16-10(17-9)14-6-2-3-7(11)8(12)4-6/h2-5H,13H2,1H3,(H,14,16). The Kier molecular flexibility index (Phi) is 3.39. The number of hydrogen-bond donors (Lipinski definition) is 2. The summed E-state index contributed by atoms with van der Waals surface area (Å²) < 4.78 is 18.9. The molecule has 0 spiro atoms. The van der Waals surface area contributed by atoms with E-state index in [-0.39, 0.29) is 17.9 Å². The molecule has 1 aromatic heterocycles. The lowest BCUT2D eigenvalue weighted by Crippen LogP contribution is -2.04. The first-order valence-electron chi connectivity index (χ1n) is 4.87. The van der Waals surface area contributed by atoms with Crippen molar-refractivity contribution in [1.82, 2.24) is 10.2 Å². The molecule has 0 amide bonds. The summed E-state index contributed by atoms with van der Waals surface area (Å²) in [6.45, 7) is 1.73. The molecule has 90 valence electrons. The Balaban J connectivity index is 2.16. The van der Waals surface area contributed by atoms with E-state index >= 15 is 0 Å². The van der Waals surface area contributed by atoms with Crippen molar-refractivity contribution in [1.29, 1.82) is 0 Å². The van der Waals surface area contributed by atoms with Crippen LogP contribution in [-0.4, -0.2) is 10.2 Å². The molecule has 0 aliphatic carbocycles. The maximum absolute atomic E-state index is 13.2. The third-order valence-corrected chi connectivity index (χ3v) is 2.64. The number of halogens is 2. The van der Waals surface area contributed by atoms with Crippen molar-refractivity contribution in [2.45, 2.75) is 13.0 Å². The third kappa shape index (κ3) is 2.80. The van der Waals surface area contributed by atoms with Crippen molar-refractivity contribution < 1.29 is 8.81 Å². The van der Waals surface area contributed by atoms with E-state index < -0.39 is 0 Å². The topological polar surface area (TPSA) is 77.0 Å². The van der Waals surface area contributed by atoms with E-state index in [0.29, 0.717) is 16.1 Å². The van der Waals surface area contributed by atoms with Crippen LogP contribution in [0, 0.1) is 5.82 Å². The van der Waals surface area contributed by atoms with E-state index in [2.05, 4.69) is 31.4 Å². The molecule has 1 aromatic carbocycles. The first kappa shape index (κ1) is 12.0. The fourth-order valence-electron chi connectivity index (χ4n) is 1.17. The van der Waals surface area contributed by atoms with Crippen molar-refractivity contribution in [2.75, 3.05) is 5.32 Å². The quantitative estimate of drug-likeness (QED) is 0.911. The molecular formula is C10H10BrFN4O. The van der Waals surface area contributed by atoms with Crippen LogP contribution < -0.4 is 11.1 Å². The van der Waals surface area contributed by atoms with Crippen LogP contribution in [0.5, 0.6) is 0 Å². The number of anilines is 2. The van der Waals surface area contributed by atoms with Gasteiger partial charge in [0.15, 0.2) is 0 Å². The minimum atomic E-state index is -0.373. The van der Waals surface area contributed by atoms with Crippen LogP contribution in [0.25, 0.3) is 0 Å². The maximum Gasteiger partial charge on any atom is 0.320 e. The summed E-state index contributed by atoms with van der Waals surface area (Å²) in [5, 5.41) is 10.3. The minimum Gasteiger partial charge on any atom is -0.406 e. The van der Waals surface area contributed by atoms with Gasteiger partial charge in [0.2, 0.25) is 5.89 Å². The fourth-order valence-corrected chi connectivity index (χ4v) is 1.41. The van der Waals surface area contributed by atoms with Crippen molar-refractivity contribution in [3.05, 3.63) is 34.4 Å². The summed E-state index contributed by atoms with van der Waals surface area (Å²) in [7, 11) is 0. The molecule has 3 N–H and O–H groups in total. The molecule has 1 atom stereocenters. The monoisotopic (exact) mass is 300 g/mol. The largest absolute Gasteiger partial charge is 0.406 e. The number of nitrogens with zero attached hydrogens (tertiary/aromatic N) is 2. The van der Waals surface area contributed by atoms with E-state index in [9.17, 15) is 4.39 Å². The Morgan fingerprint density at radius 2 is 2.24 bits per heavy atom. The van der Waals surface area contributed by atoms with Gasteiger partial charge in [-0.05, 0) is 41.1 Å². The zero-order chi connectivity index (χ0) is 12.4. The van der Waals surface area contributed by atoms with Gasteiger partial charge in [0.25, 0.3) is 0 Å². The molecule has 17 heavy (non-hydrogen) atoms. The van der Waals surface area contributed by atoms with Gasteiger partial charge in [0, 0.05) is 5.69 Å². The van der Waals surface area contributed by atoms with Crippen molar-refractivity contribution >= 4 is 27.6 Å². The Hall–Kier alpha value is -1.47. The average Bonchev–Trinajstić information content (AvgIpc) is 2.72. The van der Waals surface area contributed by atoms with E-state index in [1.807, 2.05) is 0 Å². The molecule has 0 fully saturated rings. The molecule has 2 aromatic rings. The van der Waals surface area contributed by atoms with Gasteiger partial charge in [0.05, 0.1) is 10.5 Å².